The second-order valence-corrected chi connectivity index (χ2v) is 11.8. The van der Waals surface area contributed by atoms with Crippen LogP contribution in [0.1, 0.15) is 20.3 Å². The molecule has 3 aromatic rings. The van der Waals surface area contributed by atoms with Crippen LogP contribution in [0, 0.1) is 5.92 Å². The Kier molecular flexibility index (Phi) is 7.24. The third kappa shape index (κ3) is 5.86. The quantitative estimate of drug-likeness (QED) is 0.429. The lowest BCUT2D eigenvalue weighted by molar-refractivity contribution is -0.130. The molecule has 0 bridgehead atoms. The van der Waals surface area contributed by atoms with Crippen molar-refractivity contribution in [2.45, 2.75) is 31.5 Å². The molecule has 1 atom stereocenters. The van der Waals surface area contributed by atoms with E-state index >= 15 is 0 Å². The normalized spacial score (nSPS) is 17.4. The highest BCUT2D eigenvalue weighted by Crippen LogP contribution is 2.35. The number of benzene rings is 2. The molecule has 1 aromatic heterocycles. The van der Waals surface area contributed by atoms with E-state index < -0.39 is 9.84 Å². The predicted octanol–water partition coefficient (Wildman–Crippen LogP) is 4.77. The highest BCUT2D eigenvalue weighted by molar-refractivity contribution is 7.99. The highest BCUT2D eigenvalue weighted by atomic mass is 32.2. The van der Waals surface area contributed by atoms with Crippen LogP contribution < -0.4 is 0 Å². The molecule has 0 spiro atoms. The Hall–Kier alpha value is -2.58. The van der Waals surface area contributed by atoms with Crippen molar-refractivity contribution in [1.82, 2.24) is 9.88 Å². The van der Waals surface area contributed by atoms with E-state index in [9.17, 15) is 13.2 Å². The van der Waals surface area contributed by atoms with Gasteiger partial charge in [-0.15, -0.1) is 0 Å². The molecule has 1 amide bonds. The molecule has 0 aliphatic carbocycles. The first-order valence-electron chi connectivity index (χ1n) is 11.1. The monoisotopic (exact) mass is 484 g/mol. The van der Waals surface area contributed by atoms with Crippen molar-refractivity contribution in [2.75, 3.05) is 23.8 Å². The summed E-state index contributed by atoms with van der Waals surface area (Å²) in [6, 6.07) is 19.3. The Morgan fingerprint density at radius 3 is 2.30 bits per heavy atom. The number of oxazole rings is 1. The van der Waals surface area contributed by atoms with Crippen LogP contribution >= 0.6 is 11.8 Å². The molecule has 1 aliphatic heterocycles. The van der Waals surface area contributed by atoms with Crippen LogP contribution in [0.15, 0.2) is 70.3 Å². The molecule has 174 valence electrons. The number of hydrogen-bond acceptors (Lipinski definition) is 6. The van der Waals surface area contributed by atoms with Crippen molar-refractivity contribution < 1.29 is 17.6 Å². The van der Waals surface area contributed by atoms with Crippen LogP contribution in [0.3, 0.4) is 0 Å². The number of amides is 1. The zero-order chi connectivity index (χ0) is 23.4. The van der Waals surface area contributed by atoms with E-state index in [0.717, 1.165) is 16.8 Å². The summed E-state index contributed by atoms with van der Waals surface area (Å²) in [6.45, 7) is 4.60. The molecular formula is C25H28N2O4S2. The molecule has 0 saturated carbocycles. The first-order chi connectivity index (χ1) is 15.8. The average Bonchev–Trinajstić information content (AvgIpc) is 3.40. The average molecular weight is 485 g/mol. The fraction of sp³-hybridized carbons (Fsp3) is 0.360. The summed E-state index contributed by atoms with van der Waals surface area (Å²) in [5, 5.41) is 0.421. The highest BCUT2D eigenvalue weighted by Gasteiger charge is 2.35. The summed E-state index contributed by atoms with van der Waals surface area (Å²) in [5.74, 6) is 1.16. The summed E-state index contributed by atoms with van der Waals surface area (Å²) < 4.78 is 30.1. The molecule has 4 rings (SSSR count). The number of nitrogens with zero attached hydrogens (tertiary/aromatic N) is 2. The van der Waals surface area contributed by atoms with Crippen LogP contribution in [0.25, 0.3) is 22.6 Å². The topological polar surface area (TPSA) is 80.5 Å². The number of rotatable bonds is 8. The van der Waals surface area contributed by atoms with Gasteiger partial charge < -0.3 is 9.32 Å². The molecule has 8 heteroatoms. The van der Waals surface area contributed by atoms with E-state index in [1.54, 1.807) is 4.90 Å². The Labute approximate surface area is 199 Å². The van der Waals surface area contributed by atoms with E-state index in [4.69, 9.17) is 9.40 Å². The zero-order valence-electron chi connectivity index (χ0n) is 18.8. The predicted molar refractivity (Wildman–Crippen MR) is 132 cm³/mol. The van der Waals surface area contributed by atoms with Gasteiger partial charge in [0.05, 0.1) is 17.3 Å². The molecule has 1 fully saturated rings. The second-order valence-electron chi connectivity index (χ2n) is 8.68. The summed E-state index contributed by atoms with van der Waals surface area (Å²) >= 11 is 1.25. The number of aromatic nitrogens is 1. The lowest BCUT2D eigenvalue weighted by Crippen LogP contribution is -2.44. The van der Waals surface area contributed by atoms with E-state index in [2.05, 4.69) is 0 Å². The van der Waals surface area contributed by atoms with Crippen molar-refractivity contribution in [1.29, 1.82) is 0 Å². The number of carbonyl (C=O) groups excluding carboxylic acids is 1. The summed E-state index contributed by atoms with van der Waals surface area (Å²) in [7, 11) is -3.07. The largest absolute Gasteiger partial charge is 0.431 e. The summed E-state index contributed by atoms with van der Waals surface area (Å²) in [4.78, 5) is 19.6. The van der Waals surface area contributed by atoms with Gasteiger partial charge in [-0.3, -0.25) is 4.79 Å². The first kappa shape index (κ1) is 23.6. The molecule has 2 heterocycles. The molecule has 33 heavy (non-hydrogen) atoms. The van der Waals surface area contributed by atoms with Gasteiger partial charge in [-0.05, 0) is 12.3 Å². The van der Waals surface area contributed by atoms with Gasteiger partial charge in [0.25, 0.3) is 5.22 Å². The number of carbonyl (C=O) groups is 1. The standard InChI is InChI=1S/C25H28N2O4S2/c1-18(2)15-27(21-13-14-33(29,30)17-21)22(28)16-32-25-26-23(19-9-5-3-6-10-19)24(31-25)20-11-7-4-8-12-20/h3-12,18,21H,13-17H2,1-2H3/t21-/m1/s1. The minimum atomic E-state index is -3.07. The fourth-order valence-corrected chi connectivity index (χ4v) is 6.46. The molecule has 1 saturated heterocycles. The lowest BCUT2D eigenvalue weighted by atomic mass is 10.1. The van der Waals surface area contributed by atoms with Gasteiger partial charge in [0.2, 0.25) is 5.91 Å². The maximum absolute atomic E-state index is 13.1. The number of thioether (sulfide) groups is 1. The van der Waals surface area contributed by atoms with Gasteiger partial charge in [-0.1, -0.05) is 86.3 Å². The third-order valence-electron chi connectivity index (χ3n) is 5.54. The van der Waals surface area contributed by atoms with E-state index in [0.29, 0.717) is 23.9 Å². The van der Waals surface area contributed by atoms with Crippen molar-refractivity contribution in [2.24, 2.45) is 5.92 Å². The Balaban J connectivity index is 1.55. The molecule has 2 aromatic carbocycles. The van der Waals surface area contributed by atoms with E-state index in [1.165, 1.54) is 11.8 Å². The summed E-state index contributed by atoms with van der Waals surface area (Å²) in [6.07, 6.45) is 0.501. The van der Waals surface area contributed by atoms with Crippen molar-refractivity contribution >= 4 is 27.5 Å². The van der Waals surface area contributed by atoms with Gasteiger partial charge in [-0.2, -0.15) is 0 Å². The Morgan fingerprint density at radius 2 is 1.73 bits per heavy atom. The third-order valence-corrected chi connectivity index (χ3v) is 8.10. The fourth-order valence-electron chi connectivity index (χ4n) is 4.01. The molecule has 0 radical (unpaired) electrons. The Bertz CT molecular complexity index is 1130. The smallest absolute Gasteiger partial charge is 0.257 e. The van der Waals surface area contributed by atoms with Crippen LogP contribution in [-0.2, 0) is 14.6 Å². The minimum Gasteiger partial charge on any atom is -0.431 e. The van der Waals surface area contributed by atoms with Crippen LogP contribution in [0.5, 0.6) is 0 Å². The minimum absolute atomic E-state index is 0.0471. The molecule has 0 N–H and O–H groups in total. The molecular weight excluding hydrogens is 456 g/mol. The maximum Gasteiger partial charge on any atom is 0.257 e. The van der Waals surface area contributed by atoms with Gasteiger partial charge in [0, 0.05) is 23.7 Å². The lowest BCUT2D eigenvalue weighted by Gasteiger charge is -2.29. The molecule has 6 nitrogen and oxygen atoms in total. The summed E-state index contributed by atoms with van der Waals surface area (Å²) in [5.41, 5.74) is 2.59. The van der Waals surface area contributed by atoms with Gasteiger partial charge in [0.1, 0.15) is 5.69 Å². The van der Waals surface area contributed by atoms with Gasteiger partial charge >= 0.3 is 0 Å². The first-order valence-corrected chi connectivity index (χ1v) is 13.9. The molecule has 1 aliphatic rings. The zero-order valence-corrected chi connectivity index (χ0v) is 20.4. The van der Waals surface area contributed by atoms with E-state index in [-0.39, 0.29) is 35.1 Å². The van der Waals surface area contributed by atoms with Crippen molar-refractivity contribution in [3.8, 4) is 22.6 Å². The van der Waals surface area contributed by atoms with Crippen molar-refractivity contribution in [3.63, 3.8) is 0 Å². The van der Waals surface area contributed by atoms with Gasteiger partial charge in [-0.25, -0.2) is 13.4 Å². The Morgan fingerprint density at radius 1 is 1.09 bits per heavy atom. The maximum atomic E-state index is 13.1. The van der Waals surface area contributed by atoms with Crippen molar-refractivity contribution in [3.05, 3.63) is 60.7 Å². The molecule has 0 unspecified atom stereocenters. The van der Waals surface area contributed by atoms with Gasteiger partial charge in [0.15, 0.2) is 15.6 Å². The number of sulfone groups is 1. The van der Waals surface area contributed by atoms with E-state index in [1.807, 2.05) is 74.5 Å². The van der Waals surface area contributed by atoms with Crippen LogP contribution in [-0.4, -0.2) is 54.1 Å². The SMILES string of the molecule is CC(C)CN(C(=O)CSc1nc(-c2ccccc2)c(-c2ccccc2)o1)[C@@H]1CCS(=O)(=O)C1. The van der Waals surface area contributed by atoms with Crippen LogP contribution in [0.4, 0.5) is 0 Å². The number of hydrogen-bond donors (Lipinski definition) is 0. The van der Waals surface area contributed by atoms with Crippen LogP contribution in [0.2, 0.25) is 0 Å². The second kappa shape index (κ2) is 10.1.